The van der Waals surface area contributed by atoms with Gasteiger partial charge in [0.2, 0.25) is 5.95 Å². The van der Waals surface area contributed by atoms with Gasteiger partial charge in [0.15, 0.2) is 4.60 Å². The van der Waals surface area contributed by atoms with E-state index in [1.165, 1.54) is 12.8 Å². The Balaban J connectivity index is 1.69. The second-order valence-electron chi connectivity index (χ2n) is 5.33. The van der Waals surface area contributed by atoms with Crippen LogP contribution in [-0.4, -0.2) is 31.9 Å². The molecule has 0 radical (unpaired) electrons. The van der Waals surface area contributed by atoms with Crippen LogP contribution in [0.1, 0.15) is 44.2 Å². The number of hydrogen-bond acceptors (Lipinski definition) is 5. The third kappa shape index (κ3) is 2.42. The largest absolute Gasteiger partial charge is 0.390 e. The van der Waals surface area contributed by atoms with Crippen LogP contribution < -0.4 is 5.32 Å². The van der Waals surface area contributed by atoms with Crippen LogP contribution >= 0.6 is 15.9 Å². The van der Waals surface area contributed by atoms with Gasteiger partial charge in [0.05, 0.1) is 11.3 Å². The Bertz CT molecular complexity index is 439. The molecule has 2 aliphatic rings. The van der Waals surface area contributed by atoms with Crippen molar-refractivity contribution in [1.82, 2.24) is 15.2 Å². The van der Waals surface area contributed by atoms with Crippen molar-refractivity contribution in [3.8, 4) is 0 Å². The number of nitrogens with zero attached hydrogens (tertiary/aromatic N) is 3. The van der Waals surface area contributed by atoms with E-state index in [4.69, 9.17) is 0 Å². The lowest BCUT2D eigenvalue weighted by Gasteiger charge is -2.41. The molecule has 2 aliphatic carbocycles. The number of rotatable bonds is 3. The highest BCUT2D eigenvalue weighted by atomic mass is 79.9. The predicted octanol–water partition coefficient (Wildman–Crippen LogP) is 1.84. The molecular formula is C11H15BrN4O. The second-order valence-corrected chi connectivity index (χ2v) is 6.08. The minimum absolute atomic E-state index is 0.264. The number of hydrogen-bond donors (Lipinski definition) is 2. The summed E-state index contributed by atoms with van der Waals surface area (Å²) >= 11 is 3.38. The van der Waals surface area contributed by atoms with E-state index in [1.54, 1.807) is 0 Å². The van der Waals surface area contributed by atoms with Crippen LogP contribution in [0.2, 0.25) is 0 Å². The van der Waals surface area contributed by atoms with Gasteiger partial charge in [-0.05, 0) is 48.5 Å². The summed E-state index contributed by atoms with van der Waals surface area (Å²) in [5.74, 6) is 1.13. The van der Waals surface area contributed by atoms with Crippen molar-refractivity contribution in [3.63, 3.8) is 0 Å². The van der Waals surface area contributed by atoms with E-state index in [1.807, 2.05) is 6.92 Å². The van der Waals surface area contributed by atoms with Crippen molar-refractivity contribution < 1.29 is 5.11 Å². The number of nitrogens with one attached hydrogen (secondary N) is 1. The van der Waals surface area contributed by atoms with Crippen LogP contribution in [-0.2, 0) is 0 Å². The summed E-state index contributed by atoms with van der Waals surface area (Å²) in [5, 5.41) is 21.0. The first-order chi connectivity index (χ1) is 8.03. The molecule has 2 fully saturated rings. The third-order valence-corrected chi connectivity index (χ3v) is 3.90. The summed E-state index contributed by atoms with van der Waals surface area (Å²) in [7, 11) is 0. The zero-order valence-electron chi connectivity index (χ0n) is 9.65. The monoisotopic (exact) mass is 298 g/mol. The first kappa shape index (κ1) is 11.3. The minimum Gasteiger partial charge on any atom is -0.390 e. The fraction of sp³-hybridized carbons (Fsp3) is 0.727. The van der Waals surface area contributed by atoms with Crippen molar-refractivity contribution >= 4 is 21.9 Å². The Morgan fingerprint density at radius 2 is 2.06 bits per heavy atom. The molecular weight excluding hydrogens is 284 g/mol. The van der Waals surface area contributed by atoms with E-state index in [-0.39, 0.29) is 6.04 Å². The van der Waals surface area contributed by atoms with Crippen molar-refractivity contribution in [2.75, 3.05) is 5.32 Å². The van der Waals surface area contributed by atoms with E-state index in [0.29, 0.717) is 11.9 Å². The molecule has 0 amide bonds. The lowest BCUT2D eigenvalue weighted by atomic mass is 9.77. The van der Waals surface area contributed by atoms with Crippen LogP contribution in [0.3, 0.4) is 0 Å². The highest BCUT2D eigenvalue weighted by Crippen LogP contribution is 2.41. The smallest absolute Gasteiger partial charge is 0.243 e. The molecule has 3 rings (SSSR count). The molecule has 0 spiro atoms. The lowest BCUT2D eigenvalue weighted by Crippen LogP contribution is -2.48. The van der Waals surface area contributed by atoms with Gasteiger partial charge < -0.3 is 10.4 Å². The molecule has 0 unspecified atom stereocenters. The number of aliphatic hydroxyl groups is 1. The average Bonchev–Trinajstić information content (AvgIpc) is 3.01. The second kappa shape index (κ2) is 3.88. The predicted molar refractivity (Wildman–Crippen MR) is 66.8 cm³/mol. The van der Waals surface area contributed by atoms with Crippen molar-refractivity contribution in [2.24, 2.45) is 0 Å². The first-order valence-corrected chi connectivity index (χ1v) is 6.72. The summed E-state index contributed by atoms with van der Waals surface area (Å²) < 4.78 is 0.756. The molecule has 0 bridgehead atoms. The standard InChI is InChI=1S/C11H15BrN4O/c1-11(17)4-7(5-11)13-10-14-8(6-2-3-6)9(12)15-16-10/h6-7,17H,2-5H2,1H3,(H,13,14,16). The Kier molecular flexibility index (Phi) is 2.59. The molecule has 17 heavy (non-hydrogen) atoms. The Hall–Kier alpha value is -0.750. The quantitative estimate of drug-likeness (QED) is 0.891. The third-order valence-electron chi connectivity index (χ3n) is 3.34. The highest BCUT2D eigenvalue weighted by Gasteiger charge is 2.39. The first-order valence-electron chi connectivity index (χ1n) is 5.92. The Labute approximate surface area is 108 Å². The molecule has 0 saturated heterocycles. The molecule has 1 aromatic heterocycles. The summed E-state index contributed by atoms with van der Waals surface area (Å²) in [4.78, 5) is 4.49. The zero-order valence-corrected chi connectivity index (χ0v) is 11.2. The summed E-state index contributed by atoms with van der Waals surface area (Å²) in [5.41, 5.74) is 0.480. The Morgan fingerprint density at radius 3 is 2.65 bits per heavy atom. The normalized spacial score (nSPS) is 32.1. The van der Waals surface area contributed by atoms with Gasteiger partial charge in [-0.1, -0.05) is 0 Å². The van der Waals surface area contributed by atoms with Crippen molar-refractivity contribution in [2.45, 2.75) is 50.2 Å². The van der Waals surface area contributed by atoms with Crippen LogP contribution in [0.4, 0.5) is 5.95 Å². The van der Waals surface area contributed by atoms with Crippen molar-refractivity contribution in [1.29, 1.82) is 0 Å². The number of aromatic nitrogens is 3. The molecule has 0 aliphatic heterocycles. The SMILES string of the molecule is CC1(O)CC(Nc2nnc(Br)c(C3CC3)n2)C1. The average molecular weight is 299 g/mol. The summed E-state index contributed by atoms with van der Waals surface area (Å²) in [6.45, 7) is 1.85. The van der Waals surface area contributed by atoms with Gasteiger partial charge in [-0.25, -0.2) is 4.98 Å². The molecule has 92 valence electrons. The van der Waals surface area contributed by atoms with Gasteiger partial charge in [0.25, 0.3) is 0 Å². The van der Waals surface area contributed by atoms with E-state index < -0.39 is 5.60 Å². The number of halogens is 1. The molecule has 2 saturated carbocycles. The topological polar surface area (TPSA) is 70.9 Å². The summed E-state index contributed by atoms with van der Waals surface area (Å²) in [6, 6.07) is 0.264. The zero-order chi connectivity index (χ0) is 12.0. The van der Waals surface area contributed by atoms with E-state index in [0.717, 1.165) is 23.1 Å². The van der Waals surface area contributed by atoms with Crippen molar-refractivity contribution in [3.05, 3.63) is 10.3 Å². The maximum Gasteiger partial charge on any atom is 0.243 e. The van der Waals surface area contributed by atoms with Gasteiger partial charge in [0, 0.05) is 12.0 Å². The van der Waals surface area contributed by atoms with Gasteiger partial charge in [0.1, 0.15) is 0 Å². The molecule has 1 aromatic rings. The van der Waals surface area contributed by atoms with E-state index in [2.05, 4.69) is 36.4 Å². The van der Waals surface area contributed by atoms with Crippen LogP contribution in [0.25, 0.3) is 0 Å². The molecule has 1 heterocycles. The van der Waals surface area contributed by atoms with Gasteiger partial charge >= 0.3 is 0 Å². The molecule has 0 aromatic carbocycles. The van der Waals surface area contributed by atoms with Gasteiger partial charge in [-0.2, -0.15) is 0 Å². The van der Waals surface area contributed by atoms with Crippen LogP contribution in [0.15, 0.2) is 4.60 Å². The van der Waals surface area contributed by atoms with Gasteiger partial charge in [-0.15, -0.1) is 10.2 Å². The fourth-order valence-electron chi connectivity index (χ4n) is 2.29. The van der Waals surface area contributed by atoms with Gasteiger partial charge in [-0.3, -0.25) is 0 Å². The minimum atomic E-state index is -0.528. The fourth-order valence-corrected chi connectivity index (χ4v) is 2.78. The molecule has 5 nitrogen and oxygen atoms in total. The molecule has 6 heteroatoms. The Morgan fingerprint density at radius 1 is 1.35 bits per heavy atom. The van der Waals surface area contributed by atoms with Crippen LogP contribution in [0.5, 0.6) is 0 Å². The van der Waals surface area contributed by atoms with Crippen LogP contribution in [0, 0.1) is 0 Å². The highest BCUT2D eigenvalue weighted by molar-refractivity contribution is 9.10. The van der Waals surface area contributed by atoms with E-state index in [9.17, 15) is 5.11 Å². The molecule has 2 N–H and O–H groups in total. The maximum absolute atomic E-state index is 9.65. The lowest BCUT2D eigenvalue weighted by molar-refractivity contribution is -0.0236. The summed E-state index contributed by atoms with van der Waals surface area (Å²) in [6.07, 6.45) is 3.86. The number of anilines is 1. The van der Waals surface area contributed by atoms with E-state index >= 15 is 0 Å². The maximum atomic E-state index is 9.65. The molecule has 0 atom stereocenters.